The van der Waals surface area contributed by atoms with Gasteiger partial charge in [-0.05, 0) is 19.4 Å². The summed E-state index contributed by atoms with van der Waals surface area (Å²) in [5.74, 6) is -0.513. The summed E-state index contributed by atoms with van der Waals surface area (Å²) in [6.07, 6.45) is -2.21. The van der Waals surface area contributed by atoms with Gasteiger partial charge in [0.2, 0.25) is 5.91 Å². The maximum Gasteiger partial charge on any atom is 0.328 e. The Labute approximate surface area is 140 Å². The summed E-state index contributed by atoms with van der Waals surface area (Å²) in [6, 6.07) is -1.27. The Morgan fingerprint density at radius 1 is 1.65 bits per heavy atom. The first-order valence-corrected chi connectivity index (χ1v) is 7.90. The quantitative estimate of drug-likeness (QED) is 0.309. The number of aliphatic hydroxyl groups is 1. The Kier molecular flexibility index (Phi) is 5.48. The van der Waals surface area contributed by atoms with Crippen molar-refractivity contribution in [3.8, 4) is 0 Å². The minimum atomic E-state index is -1.16. The van der Waals surface area contributed by atoms with Crippen molar-refractivity contribution in [2.45, 2.75) is 49.2 Å². The molecule has 10 nitrogen and oxygen atoms in total. The van der Waals surface area contributed by atoms with Gasteiger partial charge in [-0.15, -0.1) is 0 Å². The summed E-state index contributed by atoms with van der Waals surface area (Å²) in [6.45, 7) is 3.26. The first kappa shape index (κ1) is 18.0. The molecule has 0 bridgehead atoms. The molecule has 2 N–H and O–H groups in total. The molecular formula is C12H18BrN5O5. The van der Waals surface area contributed by atoms with Crippen LogP contribution in [-0.4, -0.2) is 64.1 Å². The van der Waals surface area contributed by atoms with Gasteiger partial charge in [0.05, 0.1) is 18.8 Å². The van der Waals surface area contributed by atoms with E-state index in [1.807, 2.05) is 0 Å². The Hall–Kier alpha value is -1.39. The van der Waals surface area contributed by atoms with Crippen LogP contribution in [-0.2, 0) is 14.3 Å². The molecule has 2 rings (SSSR count). The highest BCUT2D eigenvalue weighted by atomic mass is 79.9. The first-order chi connectivity index (χ1) is 10.9. The third-order valence-electron chi connectivity index (χ3n) is 3.83. The van der Waals surface area contributed by atoms with Gasteiger partial charge in [0.15, 0.2) is 6.23 Å². The predicted molar refractivity (Wildman–Crippen MR) is 81.4 cm³/mol. The van der Waals surface area contributed by atoms with Crippen LogP contribution < -0.4 is 5.32 Å². The van der Waals surface area contributed by atoms with E-state index in [0.717, 1.165) is 0 Å². The lowest BCUT2D eigenvalue weighted by molar-refractivity contribution is -0.158. The number of rotatable bonds is 5. The lowest BCUT2D eigenvalue weighted by atomic mass is 10.0. The predicted octanol–water partition coefficient (Wildman–Crippen LogP) is 0.841. The van der Waals surface area contributed by atoms with Crippen molar-refractivity contribution in [2.75, 3.05) is 13.2 Å². The van der Waals surface area contributed by atoms with Gasteiger partial charge in [-0.25, -0.2) is 4.79 Å². The Balaban J connectivity index is 2.29. The van der Waals surface area contributed by atoms with Crippen molar-refractivity contribution in [1.29, 1.82) is 0 Å². The number of hydrogen-bond acceptors (Lipinski definition) is 6. The first-order valence-electron chi connectivity index (χ1n) is 7.11. The zero-order valence-corrected chi connectivity index (χ0v) is 14.3. The minimum absolute atomic E-state index is 0.198. The fraction of sp³-hybridized carbons (Fsp3) is 0.833. The second-order valence-electron chi connectivity index (χ2n) is 5.37. The zero-order chi connectivity index (χ0) is 17.2. The molecule has 0 aromatic carbocycles. The van der Waals surface area contributed by atoms with E-state index < -0.39 is 40.9 Å². The summed E-state index contributed by atoms with van der Waals surface area (Å²) < 4.78 is 10.0. The maximum absolute atomic E-state index is 12.3. The SMILES string of the molecule is CCO[C@@H]1N(C2C[C@H](N=[N+]=[N-])[C@@H](CO)O2)C(=O)NC(=O)[C@@]1(C)Br. The standard InChI is InChI=1S/C12H18BrN5O5/c1-3-22-10-12(2,13)9(20)15-11(21)18(10)8-4-6(16-17-14)7(5-19)23-8/h6-8,10,19H,3-5H2,1-2H3,(H,15,20,21)/t6-,7+,8?,10-,12+/m0/s1. The molecule has 1 unspecified atom stereocenters. The smallest absolute Gasteiger partial charge is 0.328 e. The van der Waals surface area contributed by atoms with Crippen LogP contribution in [0.3, 0.4) is 0 Å². The minimum Gasteiger partial charge on any atom is -0.394 e. The van der Waals surface area contributed by atoms with E-state index in [0.29, 0.717) is 0 Å². The molecule has 2 heterocycles. The summed E-state index contributed by atoms with van der Waals surface area (Å²) in [4.78, 5) is 28.3. The number of carbonyl (C=O) groups is 2. The molecule has 3 amide bonds. The van der Waals surface area contributed by atoms with E-state index in [2.05, 4.69) is 31.3 Å². The van der Waals surface area contributed by atoms with Gasteiger partial charge in [-0.3, -0.25) is 15.0 Å². The molecule has 2 fully saturated rings. The number of imide groups is 1. The fourth-order valence-corrected chi connectivity index (χ4v) is 3.13. The molecule has 0 aromatic heterocycles. The number of hydrogen-bond donors (Lipinski definition) is 2. The van der Waals surface area contributed by atoms with Crippen molar-refractivity contribution in [3.63, 3.8) is 0 Å². The second kappa shape index (κ2) is 7.02. The number of alkyl halides is 1. The second-order valence-corrected chi connectivity index (χ2v) is 7.02. The lowest BCUT2D eigenvalue weighted by Gasteiger charge is -2.45. The van der Waals surface area contributed by atoms with Crippen LogP contribution in [0, 0.1) is 0 Å². The Morgan fingerprint density at radius 2 is 2.35 bits per heavy atom. The van der Waals surface area contributed by atoms with E-state index in [1.165, 1.54) is 4.90 Å². The molecule has 128 valence electrons. The van der Waals surface area contributed by atoms with Crippen molar-refractivity contribution in [2.24, 2.45) is 5.11 Å². The van der Waals surface area contributed by atoms with Gasteiger partial charge < -0.3 is 14.6 Å². The molecule has 11 heteroatoms. The number of aliphatic hydroxyl groups excluding tert-OH is 1. The summed E-state index contributed by atoms with van der Waals surface area (Å²) >= 11 is 3.30. The highest BCUT2D eigenvalue weighted by Crippen LogP contribution is 2.36. The highest BCUT2D eigenvalue weighted by Gasteiger charge is 2.54. The van der Waals surface area contributed by atoms with Crippen molar-refractivity contribution in [1.82, 2.24) is 10.2 Å². The molecule has 5 atom stereocenters. The number of nitrogens with zero attached hydrogens (tertiary/aromatic N) is 4. The summed E-state index contributed by atoms with van der Waals surface area (Å²) in [5.41, 5.74) is 8.59. The van der Waals surface area contributed by atoms with E-state index in [-0.39, 0.29) is 19.6 Å². The number of carbonyl (C=O) groups excluding carboxylic acids is 2. The zero-order valence-electron chi connectivity index (χ0n) is 12.7. The molecular weight excluding hydrogens is 374 g/mol. The van der Waals surface area contributed by atoms with E-state index in [1.54, 1.807) is 13.8 Å². The van der Waals surface area contributed by atoms with E-state index in [4.69, 9.17) is 15.0 Å². The van der Waals surface area contributed by atoms with Crippen LogP contribution in [0.2, 0.25) is 0 Å². The largest absolute Gasteiger partial charge is 0.394 e. The number of halogens is 1. The van der Waals surface area contributed by atoms with Crippen LogP contribution in [0.4, 0.5) is 4.79 Å². The molecule has 0 aromatic rings. The third kappa shape index (κ3) is 3.29. The molecule has 0 aliphatic carbocycles. The van der Waals surface area contributed by atoms with E-state index >= 15 is 0 Å². The van der Waals surface area contributed by atoms with Gasteiger partial charge in [0.25, 0.3) is 0 Å². The third-order valence-corrected chi connectivity index (χ3v) is 4.59. The van der Waals surface area contributed by atoms with Crippen molar-refractivity contribution < 1.29 is 24.2 Å². The van der Waals surface area contributed by atoms with Gasteiger partial charge in [0.1, 0.15) is 10.6 Å². The highest BCUT2D eigenvalue weighted by molar-refractivity contribution is 9.10. The van der Waals surface area contributed by atoms with Crippen LogP contribution in [0.1, 0.15) is 20.3 Å². The summed E-state index contributed by atoms with van der Waals surface area (Å²) in [7, 11) is 0. The molecule has 2 aliphatic heterocycles. The Morgan fingerprint density at radius 3 is 2.91 bits per heavy atom. The molecule has 0 radical (unpaired) electrons. The Bertz CT molecular complexity index is 538. The number of azide groups is 1. The topological polar surface area (TPSA) is 137 Å². The fourth-order valence-electron chi connectivity index (χ4n) is 2.68. The van der Waals surface area contributed by atoms with Gasteiger partial charge >= 0.3 is 6.03 Å². The van der Waals surface area contributed by atoms with Gasteiger partial charge in [-0.1, -0.05) is 21.0 Å². The number of amides is 3. The lowest BCUT2D eigenvalue weighted by Crippen LogP contribution is -2.69. The molecule has 0 spiro atoms. The van der Waals surface area contributed by atoms with Crippen LogP contribution in [0.15, 0.2) is 5.11 Å². The molecule has 2 saturated heterocycles. The van der Waals surface area contributed by atoms with Crippen LogP contribution in [0.25, 0.3) is 10.4 Å². The number of urea groups is 1. The van der Waals surface area contributed by atoms with Crippen molar-refractivity contribution in [3.05, 3.63) is 10.4 Å². The average Bonchev–Trinajstić information content (AvgIpc) is 2.88. The molecule has 23 heavy (non-hydrogen) atoms. The molecule has 0 saturated carbocycles. The maximum atomic E-state index is 12.3. The monoisotopic (exact) mass is 391 g/mol. The van der Waals surface area contributed by atoms with Gasteiger partial charge in [0, 0.05) is 17.9 Å². The molecule has 2 aliphatic rings. The van der Waals surface area contributed by atoms with Crippen LogP contribution in [0.5, 0.6) is 0 Å². The number of ether oxygens (including phenoxy) is 2. The normalized spacial score (nSPS) is 37.5. The average molecular weight is 392 g/mol. The van der Waals surface area contributed by atoms with E-state index in [9.17, 15) is 14.7 Å². The van der Waals surface area contributed by atoms with Crippen LogP contribution >= 0.6 is 15.9 Å². The number of nitrogens with one attached hydrogen (secondary N) is 1. The van der Waals surface area contributed by atoms with Gasteiger partial charge in [-0.2, -0.15) is 0 Å². The summed E-state index contributed by atoms with van der Waals surface area (Å²) in [5, 5.41) is 15.2. The van der Waals surface area contributed by atoms with Crippen molar-refractivity contribution >= 4 is 27.9 Å².